The molecule has 0 unspecified atom stereocenters. The Kier molecular flexibility index (Phi) is 5.78. The van der Waals surface area contributed by atoms with Crippen LogP contribution in [-0.2, 0) is 28.6 Å². The minimum Gasteiger partial charge on any atom is -0.337 e. The highest BCUT2D eigenvalue weighted by molar-refractivity contribution is 7.89. The number of amides is 1. The van der Waals surface area contributed by atoms with Crippen LogP contribution < -0.4 is 0 Å². The van der Waals surface area contributed by atoms with Crippen molar-refractivity contribution in [2.75, 3.05) is 13.3 Å². The van der Waals surface area contributed by atoms with Crippen LogP contribution in [0.25, 0.3) is 0 Å². The van der Waals surface area contributed by atoms with Crippen LogP contribution in [0.1, 0.15) is 34.0 Å². The van der Waals surface area contributed by atoms with Crippen molar-refractivity contribution >= 4 is 15.7 Å². The molecule has 4 nitrogen and oxygen atoms in total. The number of rotatable bonds is 6. The van der Waals surface area contributed by atoms with Crippen molar-refractivity contribution in [3.8, 4) is 0 Å². The van der Waals surface area contributed by atoms with Gasteiger partial charge in [-0.05, 0) is 35.2 Å². The van der Waals surface area contributed by atoms with E-state index in [0.717, 1.165) is 12.0 Å². The second-order valence-electron chi connectivity index (χ2n) is 6.10. The molecule has 0 aliphatic rings. The van der Waals surface area contributed by atoms with Crippen LogP contribution in [0.15, 0.2) is 48.5 Å². The molecule has 2 rings (SSSR count). The van der Waals surface area contributed by atoms with Crippen molar-refractivity contribution in [3.63, 3.8) is 0 Å². The predicted molar refractivity (Wildman–Crippen MR) is 96.6 cm³/mol. The van der Waals surface area contributed by atoms with Gasteiger partial charge in [0.25, 0.3) is 5.91 Å². The van der Waals surface area contributed by atoms with Gasteiger partial charge in [-0.3, -0.25) is 4.79 Å². The molecule has 2 aromatic carbocycles. The standard InChI is InChI=1S/C19H23NO3S/c1-4-15-8-10-16(11-9-15)13-20(2)19(21)18-7-5-6-17(12-18)14-24(3,22)23/h5-12H,4,13-14H2,1-3H3. The van der Waals surface area contributed by atoms with Gasteiger partial charge >= 0.3 is 0 Å². The van der Waals surface area contributed by atoms with Gasteiger partial charge in [-0.15, -0.1) is 0 Å². The number of nitrogens with zero attached hydrogens (tertiary/aromatic N) is 1. The van der Waals surface area contributed by atoms with E-state index in [1.807, 2.05) is 12.1 Å². The first-order valence-corrected chi connectivity index (χ1v) is 9.94. The number of sulfone groups is 1. The topological polar surface area (TPSA) is 54.5 Å². The highest BCUT2D eigenvalue weighted by Crippen LogP contribution is 2.13. The summed E-state index contributed by atoms with van der Waals surface area (Å²) in [7, 11) is -1.37. The zero-order chi connectivity index (χ0) is 17.7. The molecule has 0 aliphatic carbocycles. The summed E-state index contributed by atoms with van der Waals surface area (Å²) in [6.07, 6.45) is 2.18. The van der Waals surface area contributed by atoms with Crippen LogP contribution in [0, 0.1) is 0 Å². The lowest BCUT2D eigenvalue weighted by atomic mass is 10.1. The summed E-state index contributed by atoms with van der Waals surface area (Å²) in [5.74, 6) is -0.180. The van der Waals surface area contributed by atoms with E-state index >= 15 is 0 Å². The molecular formula is C19H23NO3S. The van der Waals surface area contributed by atoms with E-state index in [0.29, 0.717) is 17.7 Å². The lowest BCUT2D eigenvalue weighted by Gasteiger charge is -2.18. The van der Waals surface area contributed by atoms with Crippen molar-refractivity contribution in [1.82, 2.24) is 4.90 Å². The number of aryl methyl sites for hydroxylation is 1. The van der Waals surface area contributed by atoms with Gasteiger partial charge in [0.15, 0.2) is 9.84 Å². The molecule has 1 amide bonds. The highest BCUT2D eigenvalue weighted by Gasteiger charge is 2.14. The van der Waals surface area contributed by atoms with Gasteiger partial charge in [0, 0.05) is 25.4 Å². The summed E-state index contributed by atoms with van der Waals surface area (Å²) in [5, 5.41) is 0. The van der Waals surface area contributed by atoms with Gasteiger partial charge in [-0.1, -0.05) is 43.3 Å². The molecular weight excluding hydrogens is 322 g/mol. The average molecular weight is 345 g/mol. The molecule has 0 saturated carbocycles. The number of benzene rings is 2. The third kappa shape index (κ3) is 5.20. The van der Waals surface area contributed by atoms with E-state index in [4.69, 9.17) is 0 Å². The number of hydrogen-bond donors (Lipinski definition) is 0. The highest BCUT2D eigenvalue weighted by atomic mass is 32.2. The first-order valence-electron chi connectivity index (χ1n) is 7.88. The third-order valence-electron chi connectivity index (χ3n) is 3.80. The Hall–Kier alpha value is -2.14. The van der Waals surface area contributed by atoms with Crippen LogP contribution >= 0.6 is 0 Å². The zero-order valence-corrected chi connectivity index (χ0v) is 15.1. The fourth-order valence-corrected chi connectivity index (χ4v) is 3.33. The van der Waals surface area contributed by atoms with Gasteiger partial charge in [-0.25, -0.2) is 8.42 Å². The molecule has 0 bridgehead atoms. The van der Waals surface area contributed by atoms with Crippen molar-refractivity contribution in [3.05, 3.63) is 70.8 Å². The van der Waals surface area contributed by atoms with Crippen LogP contribution in [-0.4, -0.2) is 32.5 Å². The molecule has 24 heavy (non-hydrogen) atoms. The average Bonchev–Trinajstić information content (AvgIpc) is 2.53. The quantitative estimate of drug-likeness (QED) is 0.808. The molecule has 5 heteroatoms. The minimum absolute atomic E-state index is 0.0592. The molecule has 0 radical (unpaired) electrons. The number of carbonyl (C=O) groups excluding carboxylic acids is 1. The normalized spacial score (nSPS) is 11.3. The summed E-state index contributed by atoms with van der Waals surface area (Å²) in [6.45, 7) is 2.62. The fraction of sp³-hybridized carbons (Fsp3) is 0.316. The monoisotopic (exact) mass is 345 g/mol. The van der Waals surface area contributed by atoms with E-state index in [-0.39, 0.29) is 11.7 Å². The molecule has 0 N–H and O–H groups in total. The maximum absolute atomic E-state index is 12.6. The Balaban J connectivity index is 2.10. The first kappa shape index (κ1) is 18.2. The largest absolute Gasteiger partial charge is 0.337 e. The third-order valence-corrected chi connectivity index (χ3v) is 4.66. The Morgan fingerprint density at radius 1 is 1.00 bits per heavy atom. The summed E-state index contributed by atoms with van der Waals surface area (Å²) in [5.41, 5.74) is 3.46. The Bertz CT molecular complexity index is 811. The van der Waals surface area contributed by atoms with E-state index in [9.17, 15) is 13.2 Å². The molecule has 0 spiro atoms. The summed E-state index contributed by atoms with van der Waals surface area (Å²) in [6, 6.07) is 15.0. The Morgan fingerprint density at radius 2 is 1.62 bits per heavy atom. The molecule has 0 aliphatic heterocycles. The second kappa shape index (κ2) is 7.62. The first-order chi connectivity index (χ1) is 11.3. The summed E-state index contributed by atoms with van der Waals surface area (Å²) in [4.78, 5) is 14.2. The molecule has 0 atom stereocenters. The molecule has 2 aromatic rings. The van der Waals surface area contributed by atoms with Crippen LogP contribution in [0.5, 0.6) is 0 Å². The van der Waals surface area contributed by atoms with Crippen LogP contribution in [0.3, 0.4) is 0 Å². The second-order valence-corrected chi connectivity index (χ2v) is 8.24. The van der Waals surface area contributed by atoms with Crippen molar-refractivity contribution < 1.29 is 13.2 Å². The van der Waals surface area contributed by atoms with E-state index in [1.54, 1.807) is 36.2 Å². The fourth-order valence-electron chi connectivity index (χ4n) is 2.54. The maximum atomic E-state index is 12.6. The maximum Gasteiger partial charge on any atom is 0.253 e. The Morgan fingerprint density at radius 3 is 2.21 bits per heavy atom. The molecule has 0 saturated heterocycles. The lowest BCUT2D eigenvalue weighted by Crippen LogP contribution is -2.26. The van der Waals surface area contributed by atoms with Gasteiger partial charge in [0.2, 0.25) is 0 Å². The number of carbonyl (C=O) groups is 1. The molecule has 128 valence electrons. The minimum atomic E-state index is -3.12. The number of hydrogen-bond acceptors (Lipinski definition) is 3. The van der Waals surface area contributed by atoms with E-state index in [1.165, 1.54) is 11.8 Å². The van der Waals surface area contributed by atoms with Gasteiger partial charge < -0.3 is 4.90 Å². The van der Waals surface area contributed by atoms with E-state index < -0.39 is 9.84 Å². The van der Waals surface area contributed by atoms with Crippen LogP contribution in [0.2, 0.25) is 0 Å². The molecule has 0 aromatic heterocycles. The van der Waals surface area contributed by atoms with Crippen molar-refractivity contribution in [1.29, 1.82) is 0 Å². The molecule has 0 heterocycles. The van der Waals surface area contributed by atoms with Crippen LogP contribution in [0.4, 0.5) is 0 Å². The predicted octanol–water partition coefficient (Wildman–Crippen LogP) is 3.07. The summed E-state index contributed by atoms with van der Waals surface area (Å²) >= 11 is 0. The SMILES string of the molecule is CCc1ccc(CN(C)C(=O)c2cccc(CS(C)(=O)=O)c2)cc1. The lowest BCUT2D eigenvalue weighted by molar-refractivity contribution is 0.0785. The Labute approximate surface area is 144 Å². The van der Waals surface area contributed by atoms with Crippen molar-refractivity contribution in [2.24, 2.45) is 0 Å². The van der Waals surface area contributed by atoms with Crippen molar-refractivity contribution in [2.45, 2.75) is 25.6 Å². The summed E-state index contributed by atoms with van der Waals surface area (Å²) < 4.78 is 22.8. The molecule has 0 fully saturated rings. The zero-order valence-electron chi connectivity index (χ0n) is 14.3. The van der Waals surface area contributed by atoms with Gasteiger partial charge in [-0.2, -0.15) is 0 Å². The van der Waals surface area contributed by atoms with Gasteiger partial charge in [0.1, 0.15) is 0 Å². The smallest absolute Gasteiger partial charge is 0.253 e. The van der Waals surface area contributed by atoms with E-state index in [2.05, 4.69) is 19.1 Å². The van der Waals surface area contributed by atoms with Gasteiger partial charge in [0.05, 0.1) is 5.75 Å².